The molecule has 6 nitrogen and oxygen atoms in total. The second-order valence-corrected chi connectivity index (χ2v) is 10.8. The first kappa shape index (κ1) is 24.5. The highest BCUT2D eigenvalue weighted by Crippen LogP contribution is 2.57. The van der Waals surface area contributed by atoms with Crippen LogP contribution < -0.4 is 5.32 Å². The van der Waals surface area contributed by atoms with E-state index in [-0.39, 0.29) is 41.4 Å². The third-order valence-electron chi connectivity index (χ3n) is 8.27. The molecule has 1 unspecified atom stereocenters. The summed E-state index contributed by atoms with van der Waals surface area (Å²) in [4.78, 5) is 14.9. The Morgan fingerprint density at radius 1 is 1.03 bits per heavy atom. The van der Waals surface area contributed by atoms with Crippen LogP contribution in [0.5, 0.6) is 0 Å². The average Bonchev–Trinajstić information content (AvgIpc) is 3.15. The van der Waals surface area contributed by atoms with E-state index in [4.69, 9.17) is 4.74 Å². The number of alkyl halides is 2. The lowest BCUT2D eigenvalue weighted by Gasteiger charge is -2.27. The molecule has 0 spiro atoms. The number of benzene rings is 1. The van der Waals surface area contributed by atoms with Crippen molar-refractivity contribution in [3.05, 3.63) is 41.2 Å². The van der Waals surface area contributed by atoms with Crippen molar-refractivity contribution in [2.75, 3.05) is 31.6 Å². The van der Waals surface area contributed by atoms with Gasteiger partial charge in [-0.05, 0) is 49.7 Å². The largest absolute Gasteiger partial charge is 0.381 e. The van der Waals surface area contributed by atoms with Crippen molar-refractivity contribution in [3.63, 3.8) is 0 Å². The zero-order valence-electron chi connectivity index (χ0n) is 20.0. The predicted octanol–water partition coefficient (Wildman–Crippen LogP) is 4.76. The summed E-state index contributed by atoms with van der Waals surface area (Å²) < 4.78 is 75.3. The highest BCUT2D eigenvalue weighted by atomic mass is 19.3. The van der Waals surface area contributed by atoms with Crippen molar-refractivity contribution in [2.45, 2.75) is 50.0 Å². The maximum Gasteiger partial charge on any atom is 0.256 e. The number of ether oxygens (including phenoxy) is 1. The van der Waals surface area contributed by atoms with E-state index in [1.54, 1.807) is 0 Å². The zero-order chi connectivity index (χ0) is 25.9. The third-order valence-corrected chi connectivity index (χ3v) is 8.27. The van der Waals surface area contributed by atoms with E-state index >= 15 is 0 Å². The van der Waals surface area contributed by atoms with E-state index in [2.05, 4.69) is 15.5 Å². The van der Waals surface area contributed by atoms with Gasteiger partial charge >= 0.3 is 0 Å². The Hall–Kier alpha value is -2.82. The molecule has 2 saturated carbocycles. The number of amides is 1. The minimum absolute atomic E-state index is 0.0226. The van der Waals surface area contributed by atoms with Gasteiger partial charge in [0.2, 0.25) is 5.91 Å². The Bertz CT molecular complexity index is 1210. The first-order valence-electron chi connectivity index (χ1n) is 12.7. The van der Waals surface area contributed by atoms with E-state index in [9.17, 15) is 26.7 Å². The van der Waals surface area contributed by atoms with Crippen LogP contribution >= 0.6 is 0 Å². The van der Waals surface area contributed by atoms with E-state index in [0.717, 1.165) is 31.7 Å². The van der Waals surface area contributed by atoms with Gasteiger partial charge in [-0.1, -0.05) is 0 Å². The Morgan fingerprint density at radius 2 is 1.70 bits per heavy atom. The molecule has 0 radical (unpaired) electrons. The van der Waals surface area contributed by atoms with Gasteiger partial charge in [0, 0.05) is 61.9 Å². The zero-order valence-corrected chi connectivity index (χ0v) is 20.0. The number of hydrogen-bond donors (Lipinski definition) is 1. The van der Waals surface area contributed by atoms with Gasteiger partial charge in [-0.25, -0.2) is 22.0 Å². The smallest absolute Gasteiger partial charge is 0.256 e. The molecule has 1 amide bonds. The van der Waals surface area contributed by atoms with E-state index in [0.29, 0.717) is 44.2 Å². The first-order chi connectivity index (χ1) is 17.7. The normalized spacial score (nSPS) is 28.8. The van der Waals surface area contributed by atoms with Crippen LogP contribution in [-0.4, -0.2) is 59.3 Å². The molecule has 198 valence electrons. The third kappa shape index (κ3) is 4.66. The fourth-order valence-electron chi connectivity index (χ4n) is 6.20. The fourth-order valence-corrected chi connectivity index (χ4v) is 6.20. The first-order valence-corrected chi connectivity index (χ1v) is 12.7. The number of nitrogens with one attached hydrogen (secondary N) is 1. The molecule has 2 aliphatic heterocycles. The lowest BCUT2D eigenvalue weighted by atomic mass is 9.98. The van der Waals surface area contributed by atoms with Crippen LogP contribution in [0.15, 0.2) is 18.2 Å². The molecule has 4 aliphatic rings. The number of rotatable bonds is 5. The number of aromatic nitrogens is 2. The van der Waals surface area contributed by atoms with Gasteiger partial charge < -0.3 is 15.0 Å². The van der Waals surface area contributed by atoms with Gasteiger partial charge in [-0.15, -0.1) is 10.2 Å². The molecule has 1 N–H and O–H groups in total. The number of anilines is 1. The van der Waals surface area contributed by atoms with Crippen molar-refractivity contribution in [1.82, 2.24) is 15.1 Å². The van der Waals surface area contributed by atoms with Crippen molar-refractivity contribution in [2.24, 2.45) is 17.8 Å². The van der Waals surface area contributed by atoms with Crippen molar-refractivity contribution in [1.29, 1.82) is 0 Å². The maximum absolute atomic E-state index is 14.3. The summed E-state index contributed by atoms with van der Waals surface area (Å²) in [6.07, 6.45) is 2.65. The Labute approximate surface area is 210 Å². The fraction of sp³-hybridized carbons (Fsp3) is 0.577. The van der Waals surface area contributed by atoms with Crippen molar-refractivity contribution < 1.29 is 31.5 Å². The molecule has 4 fully saturated rings. The van der Waals surface area contributed by atoms with Gasteiger partial charge in [0.25, 0.3) is 5.92 Å². The molecule has 4 atom stereocenters. The standard InChI is InChI=1S/C26H27F5N4O2/c27-16-7-19(23(29)21(28)8-16)22-9-18(20-10-26(20,30)31)24(34-33-22)32-17-5-14-11-35(12-15(14)6-17)25(36)13-1-3-37-4-2-13/h7-9,13-15,17,20H,1-6,10-12H2,(H,32,34)/t14-,15+,17+,20?. The van der Waals surface area contributed by atoms with Crippen molar-refractivity contribution >= 4 is 11.7 Å². The second kappa shape index (κ2) is 9.18. The lowest BCUT2D eigenvalue weighted by molar-refractivity contribution is -0.137. The molecule has 37 heavy (non-hydrogen) atoms. The van der Waals surface area contributed by atoms with Crippen LogP contribution in [0.2, 0.25) is 0 Å². The van der Waals surface area contributed by atoms with Gasteiger partial charge in [0.15, 0.2) is 17.5 Å². The predicted molar refractivity (Wildman–Crippen MR) is 123 cm³/mol. The molecular weight excluding hydrogens is 495 g/mol. The van der Waals surface area contributed by atoms with E-state index < -0.39 is 34.9 Å². The van der Waals surface area contributed by atoms with Gasteiger partial charge in [0.05, 0.1) is 11.6 Å². The average molecular weight is 523 g/mol. The number of carbonyl (C=O) groups is 1. The molecule has 1 aromatic carbocycles. The van der Waals surface area contributed by atoms with E-state index in [1.165, 1.54) is 6.07 Å². The van der Waals surface area contributed by atoms with E-state index in [1.807, 2.05) is 4.90 Å². The SMILES string of the molecule is O=C(C1CCOCC1)N1C[C@H]2C[C@H](Nc3nnc(-c4cc(F)cc(F)c4F)cc3C3CC3(F)F)C[C@H]2C1. The summed E-state index contributed by atoms with van der Waals surface area (Å²) in [6, 6.07) is 2.40. The lowest BCUT2D eigenvalue weighted by Crippen LogP contribution is -2.38. The van der Waals surface area contributed by atoms with Crippen LogP contribution in [0.1, 0.15) is 43.6 Å². The summed E-state index contributed by atoms with van der Waals surface area (Å²) in [7, 11) is 0. The molecule has 11 heteroatoms. The Balaban J connectivity index is 1.17. The number of carbonyl (C=O) groups excluding carboxylic acids is 1. The topological polar surface area (TPSA) is 67.3 Å². The number of halogens is 5. The second-order valence-electron chi connectivity index (χ2n) is 10.8. The molecule has 2 aromatic rings. The van der Waals surface area contributed by atoms with Gasteiger partial charge in [0.1, 0.15) is 5.82 Å². The summed E-state index contributed by atoms with van der Waals surface area (Å²) in [5, 5.41) is 11.2. The Morgan fingerprint density at radius 3 is 2.35 bits per heavy atom. The van der Waals surface area contributed by atoms with Crippen LogP contribution in [0.25, 0.3) is 11.3 Å². The minimum atomic E-state index is -2.93. The van der Waals surface area contributed by atoms with Crippen molar-refractivity contribution in [3.8, 4) is 11.3 Å². The van der Waals surface area contributed by atoms with Crippen LogP contribution in [0.4, 0.5) is 27.8 Å². The molecule has 0 bridgehead atoms. The highest BCUT2D eigenvalue weighted by molar-refractivity contribution is 5.79. The van der Waals surface area contributed by atoms with Crippen LogP contribution in [-0.2, 0) is 9.53 Å². The van der Waals surface area contributed by atoms with Gasteiger partial charge in [-0.2, -0.15) is 0 Å². The Kier molecular flexibility index (Phi) is 6.08. The maximum atomic E-state index is 14.3. The summed E-state index contributed by atoms with van der Waals surface area (Å²) in [6.45, 7) is 2.60. The molecule has 2 saturated heterocycles. The van der Waals surface area contributed by atoms with Crippen LogP contribution in [0, 0.1) is 35.2 Å². The number of hydrogen-bond acceptors (Lipinski definition) is 5. The molecular formula is C26H27F5N4O2. The molecule has 2 aliphatic carbocycles. The molecule has 1 aromatic heterocycles. The number of nitrogens with zero attached hydrogens (tertiary/aromatic N) is 3. The number of likely N-dealkylation sites (tertiary alicyclic amines) is 1. The van der Waals surface area contributed by atoms with Gasteiger partial charge in [-0.3, -0.25) is 4.79 Å². The molecule has 6 rings (SSSR count). The summed E-state index contributed by atoms with van der Waals surface area (Å²) >= 11 is 0. The van der Waals surface area contributed by atoms with Crippen LogP contribution in [0.3, 0.4) is 0 Å². The molecule has 3 heterocycles. The summed E-state index contributed by atoms with van der Waals surface area (Å²) in [5.41, 5.74) is -0.511. The number of fused-ring (bicyclic) bond motifs is 1. The summed E-state index contributed by atoms with van der Waals surface area (Å²) in [5.74, 6) is -6.74. The minimum Gasteiger partial charge on any atom is -0.381 e. The quantitative estimate of drug-likeness (QED) is 0.453. The highest BCUT2D eigenvalue weighted by Gasteiger charge is 2.59. The monoisotopic (exact) mass is 522 g/mol.